The van der Waals surface area contributed by atoms with Crippen molar-refractivity contribution in [1.82, 2.24) is 0 Å². The Kier molecular flexibility index (Phi) is 4.46. The van der Waals surface area contributed by atoms with Crippen molar-refractivity contribution in [3.63, 3.8) is 0 Å². The van der Waals surface area contributed by atoms with Crippen molar-refractivity contribution < 1.29 is 4.39 Å². The molecule has 3 heteroatoms. The molecule has 1 aromatic carbocycles. The lowest BCUT2D eigenvalue weighted by atomic mass is 9.90. The van der Waals surface area contributed by atoms with Crippen LogP contribution in [0.4, 0.5) is 4.39 Å². The molecule has 94 valence electrons. The van der Waals surface area contributed by atoms with Crippen LogP contribution < -0.4 is 5.73 Å². The Hall–Kier alpha value is -0.540. The van der Waals surface area contributed by atoms with E-state index in [2.05, 4.69) is 0 Å². The zero-order valence-electron chi connectivity index (χ0n) is 10.3. The van der Waals surface area contributed by atoms with Gasteiger partial charge in [-0.25, -0.2) is 4.39 Å². The highest BCUT2D eigenvalue weighted by Gasteiger charge is 2.19. The topological polar surface area (TPSA) is 26.0 Å². The molecule has 1 aliphatic rings. The van der Waals surface area contributed by atoms with Crippen LogP contribution in [0, 0.1) is 18.7 Å². The first-order valence-corrected chi connectivity index (χ1v) is 7.41. The summed E-state index contributed by atoms with van der Waals surface area (Å²) >= 11 is 2.01. The van der Waals surface area contributed by atoms with E-state index in [0.29, 0.717) is 11.5 Å². The molecule has 1 aliphatic heterocycles. The zero-order chi connectivity index (χ0) is 12.3. The van der Waals surface area contributed by atoms with E-state index < -0.39 is 0 Å². The Morgan fingerprint density at radius 1 is 1.41 bits per heavy atom. The maximum Gasteiger partial charge on any atom is 0.127 e. The average molecular weight is 253 g/mol. The smallest absolute Gasteiger partial charge is 0.127 e. The van der Waals surface area contributed by atoms with Crippen molar-refractivity contribution in [1.29, 1.82) is 0 Å². The highest BCUT2D eigenvalue weighted by molar-refractivity contribution is 7.99. The standard InChI is InChI=1S/C14H20FNS/c1-10-2-3-13(15)12(8-10)14(16)9-11-4-6-17-7-5-11/h2-3,8,11,14H,4-7,9,16H2,1H3. The van der Waals surface area contributed by atoms with Gasteiger partial charge in [-0.2, -0.15) is 11.8 Å². The first-order valence-electron chi connectivity index (χ1n) is 6.26. The van der Waals surface area contributed by atoms with Crippen molar-refractivity contribution in [2.75, 3.05) is 11.5 Å². The van der Waals surface area contributed by atoms with Gasteiger partial charge in [-0.15, -0.1) is 0 Å². The van der Waals surface area contributed by atoms with Gasteiger partial charge in [0.25, 0.3) is 0 Å². The second-order valence-corrected chi connectivity index (χ2v) is 6.15. The van der Waals surface area contributed by atoms with Crippen molar-refractivity contribution >= 4 is 11.8 Å². The van der Waals surface area contributed by atoms with Crippen LogP contribution >= 0.6 is 11.8 Å². The van der Waals surface area contributed by atoms with Crippen molar-refractivity contribution in [3.05, 3.63) is 35.1 Å². The molecule has 1 unspecified atom stereocenters. The monoisotopic (exact) mass is 253 g/mol. The number of halogens is 1. The molecule has 1 saturated heterocycles. The molecule has 1 fully saturated rings. The van der Waals surface area contributed by atoms with Crippen LogP contribution in [0.1, 0.15) is 36.4 Å². The van der Waals surface area contributed by atoms with E-state index in [-0.39, 0.29) is 11.9 Å². The van der Waals surface area contributed by atoms with E-state index in [1.807, 2.05) is 24.8 Å². The number of aryl methyl sites for hydroxylation is 1. The minimum absolute atomic E-state index is 0.150. The first-order chi connectivity index (χ1) is 8.16. The maximum absolute atomic E-state index is 13.7. The van der Waals surface area contributed by atoms with E-state index in [1.54, 1.807) is 6.07 Å². The molecule has 0 aromatic heterocycles. The third-order valence-electron chi connectivity index (χ3n) is 3.48. The molecule has 1 heterocycles. The van der Waals surface area contributed by atoms with E-state index in [4.69, 9.17) is 5.73 Å². The van der Waals surface area contributed by atoms with Gasteiger partial charge in [0.2, 0.25) is 0 Å². The van der Waals surface area contributed by atoms with Crippen LogP contribution in [0.2, 0.25) is 0 Å². The quantitative estimate of drug-likeness (QED) is 0.889. The van der Waals surface area contributed by atoms with Crippen molar-refractivity contribution in [2.24, 2.45) is 11.7 Å². The third kappa shape index (κ3) is 3.46. The van der Waals surface area contributed by atoms with Crippen LogP contribution in [0.15, 0.2) is 18.2 Å². The molecular weight excluding hydrogens is 233 g/mol. The van der Waals surface area contributed by atoms with Crippen LogP contribution in [0.5, 0.6) is 0 Å². The Balaban J connectivity index is 2.02. The van der Waals surface area contributed by atoms with Crippen LogP contribution in [-0.2, 0) is 0 Å². The minimum Gasteiger partial charge on any atom is -0.324 e. The lowest BCUT2D eigenvalue weighted by molar-refractivity contribution is 0.406. The van der Waals surface area contributed by atoms with E-state index in [9.17, 15) is 4.39 Å². The number of thioether (sulfide) groups is 1. The minimum atomic E-state index is -0.159. The number of benzene rings is 1. The summed E-state index contributed by atoms with van der Waals surface area (Å²) in [5.41, 5.74) is 7.91. The number of nitrogens with two attached hydrogens (primary N) is 1. The summed E-state index contributed by atoms with van der Waals surface area (Å²) in [4.78, 5) is 0. The van der Waals surface area contributed by atoms with Gasteiger partial charge in [0.1, 0.15) is 5.82 Å². The van der Waals surface area contributed by atoms with E-state index in [0.717, 1.165) is 12.0 Å². The predicted molar refractivity (Wildman–Crippen MR) is 72.7 cm³/mol. The van der Waals surface area contributed by atoms with Crippen LogP contribution in [0.25, 0.3) is 0 Å². The molecule has 2 N–H and O–H groups in total. The van der Waals surface area contributed by atoms with Crippen molar-refractivity contribution in [3.8, 4) is 0 Å². The zero-order valence-corrected chi connectivity index (χ0v) is 11.1. The van der Waals surface area contributed by atoms with Gasteiger partial charge in [0.15, 0.2) is 0 Å². The summed E-state index contributed by atoms with van der Waals surface area (Å²) in [7, 11) is 0. The molecule has 1 atom stereocenters. The summed E-state index contributed by atoms with van der Waals surface area (Å²) in [5.74, 6) is 2.97. The molecule has 2 rings (SSSR count). The van der Waals surface area contributed by atoms with Gasteiger partial charge in [-0.05, 0) is 49.7 Å². The number of rotatable bonds is 3. The Labute approximate surface area is 107 Å². The fourth-order valence-corrected chi connectivity index (χ4v) is 3.62. The lowest BCUT2D eigenvalue weighted by Gasteiger charge is -2.24. The van der Waals surface area contributed by atoms with E-state index in [1.165, 1.54) is 30.4 Å². The van der Waals surface area contributed by atoms with E-state index >= 15 is 0 Å². The fraction of sp³-hybridized carbons (Fsp3) is 0.571. The van der Waals surface area contributed by atoms with Gasteiger partial charge in [0.05, 0.1) is 0 Å². The largest absolute Gasteiger partial charge is 0.324 e. The molecule has 0 saturated carbocycles. The highest BCUT2D eigenvalue weighted by Crippen LogP contribution is 2.30. The molecule has 0 amide bonds. The van der Waals surface area contributed by atoms with Gasteiger partial charge in [-0.1, -0.05) is 17.7 Å². The molecule has 1 nitrogen and oxygen atoms in total. The number of hydrogen-bond acceptors (Lipinski definition) is 2. The summed E-state index contributed by atoms with van der Waals surface area (Å²) in [6.07, 6.45) is 3.37. The van der Waals surface area contributed by atoms with Gasteiger partial charge in [-0.3, -0.25) is 0 Å². The highest BCUT2D eigenvalue weighted by atomic mass is 32.2. The number of hydrogen-bond donors (Lipinski definition) is 1. The molecular formula is C14H20FNS. The Bertz CT molecular complexity index is 374. The third-order valence-corrected chi connectivity index (χ3v) is 4.53. The maximum atomic E-state index is 13.7. The predicted octanol–water partition coefficient (Wildman–Crippen LogP) is 3.67. The molecule has 0 aliphatic carbocycles. The second kappa shape index (κ2) is 5.87. The Morgan fingerprint density at radius 2 is 2.12 bits per heavy atom. The van der Waals surface area contributed by atoms with Crippen LogP contribution in [-0.4, -0.2) is 11.5 Å². The molecule has 0 spiro atoms. The second-order valence-electron chi connectivity index (χ2n) is 4.92. The van der Waals surface area contributed by atoms with Gasteiger partial charge >= 0.3 is 0 Å². The first kappa shape index (κ1) is 12.9. The molecule has 0 bridgehead atoms. The van der Waals surface area contributed by atoms with Gasteiger partial charge < -0.3 is 5.73 Å². The fourth-order valence-electron chi connectivity index (χ4n) is 2.42. The molecule has 1 aromatic rings. The van der Waals surface area contributed by atoms with Gasteiger partial charge in [0, 0.05) is 11.6 Å². The van der Waals surface area contributed by atoms with Crippen molar-refractivity contribution in [2.45, 2.75) is 32.2 Å². The van der Waals surface area contributed by atoms with Crippen LogP contribution in [0.3, 0.4) is 0 Å². The summed E-state index contributed by atoms with van der Waals surface area (Å²) in [6, 6.07) is 5.06. The summed E-state index contributed by atoms with van der Waals surface area (Å²) in [5, 5.41) is 0. The summed E-state index contributed by atoms with van der Waals surface area (Å²) in [6.45, 7) is 1.98. The molecule has 17 heavy (non-hydrogen) atoms. The normalized spacial score (nSPS) is 19.2. The Morgan fingerprint density at radius 3 is 2.82 bits per heavy atom. The summed E-state index contributed by atoms with van der Waals surface area (Å²) < 4.78 is 13.7. The lowest BCUT2D eigenvalue weighted by Crippen LogP contribution is -2.19. The average Bonchev–Trinajstić information content (AvgIpc) is 2.33. The SMILES string of the molecule is Cc1ccc(F)c(C(N)CC2CCSCC2)c1. The molecule has 0 radical (unpaired) electrons.